The van der Waals surface area contributed by atoms with Gasteiger partial charge in [0.05, 0.1) is 12.7 Å². The molecular weight excluding hydrogens is 326 g/mol. The van der Waals surface area contributed by atoms with Crippen molar-refractivity contribution in [3.05, 3.63) is 60.0 Å². The molecule has 3 rings (SSSR count). The fourth-order valence-electron chi connectivity index (χ4n) is 2.74. The van der Waals surface area contributed by atoms with Crippen LogP contribution in [-0.2, 0) is 18.4 Å². The Labute approximate surface area is 155 Å². The summed E-state index contributed by atoms with van der Waals surface area (Å²) in [6.07, 6.45) is 3.69. The number of hydrogen-bond acceptors (Lipinski definition) is 5. The number of oxazole rings is 1. The highest BCUT2D eigenvalue weighted by atomic mass is 16.5. The van der Waals surface area contributed by atoms with Gasteiger partial charge in [-0.1, -0.05) is 56.3 Å². The van der Waals surface area contributed by atoms with Crippen LogP contribution in [0.5, 0.6) is 0 Å². The molecule has 5 nitrogen and oxygen atoms in total. The molecule has 0 radical (unpaired) electrons. The third kappa shape index (κ3) is 4.82. The molecule has 1 aromatic carbocycles. The summed E-state index contributed by atoms with van der Waals surface area (Å²) < 4.78 is 11.3. The van der Waals surface area contributed by atoms with Crippen molar-refractivity contribution in [3.63, 3.8) is 0 Å². The van der Waals surface area contributed by atoms with E-state index in [4.69, 9.17) is 8.94 Å². The van der Waals surface area contributed by atoms with Crippen molar-refractivity contribution < 1.29 is 8.94 Å². The van der Waals surface area contributed by atoms with Gasteiger partial charge in [0.25, 0.3) is 0 Å². The molecule has 0 bridgehead atoms. The van der Waals surface area contributed by atoms with Crippen molar-refractivity contribution in [2.75, 3.05) is 13.6 Å². The first-order valence-electron chi connectivity index (χ1n) is 9.06. The molecule has 0 saturated carbocycles. The normalized spacial score (nSPS) is 12.0. The summed E-state index contributed by atoms with van der Waals surface area (Å²) in [5.74, 6) is 2.61. The van der Waals surface area contributed by atoms with Crippen LogP contribution in [0.15, 0.2) is 51.5 Å². The Kier molecular flexibility index (Phi) is 5.57. The quantitative estimate of drug-likeness (QED) is 0.617. The first-order valence-corrected chi connectivity index (χ1v) is 9.06. The minimum absolute atomic E-state index is 0.00737. The van der Waals surface area contributed by atoms with E-state index >= 15 is 0 Å². The van der Waals surface area contributed by atoms with Gasteiger partial charge >= 0.3 is 0 Å². The monoisotopic (exact) mass is 353 g/mol. The van der Waals surface area contributed by atoms with Crippen molar-refractivity contribution >= 4 is 0 Å². The standard InChI is InChI=1S/C21H27N3O2/c1-21(2,3)19-14-22-20(25-19)15-24(4)12-8-11-17-13-18(23-26-17)16-9-6-5-7-10-16/h5-7,9-10,13-14H,8,11-12,15H2,1-4H3. The number of aromatic nitrogens is 2. The lowest BCUT2D eigenvalue weighted by atomic mass is 9.94. The molecule has 138 valence electrons. The maximum absolute atomic E-state index is 5.85. The number of rotatable bonds is 7. The van der Waals surface area contributed by atoms with Crippen LogP contribution in [-0.4, -0.2) is 28.6 Å². The molecule has 26 heavy (non-hydrogen) atoms. The maximum atomic E-state index is 5.85. The molecule has 2 aromatic heterocycles. The van der Waals surface area contributed by atoms with Gasteiger partial charge in [-0.25, -0.2) is 4.98 Å². The molecule has 3 aromatic rings. The minimum atomic E-state index is -0.00737. The fraction of sp³-hybridized carbons (Fsp3) is 0.429. The summed E-state index contributed by atoms with van der Waals surface area (Å²) in [5.41, 5.74) is 1.97. The zero-order valence-electron chi connectivity index (χ0n) is 16.0. The molecule has 0 aliphatic rings. The van der Waals surface area contributed by atoms with E-state index in [-0.39, 0.29) is 5.41 Å². The summed E-state index contributed by atoms with van der Waals surface area (Å²) >= 11 is 0. The van der Waals surface area contributed by atoms with Crippen molar-refractivity contribution in [3.8, 4) is 11.3 Å². The highest BCUT2D eigenvalue weighted by molar-refractivity contribution is 5.58. The Morgan fingerprint density at radius 2 is 1.88 bits per heavy atom. The van der Waals surface area contributed by atoms with Gasteiger partial charge in [-0.05, 0) is 20.0 Å². The average Bonchev–Trinajstić information content (AvgIpc) is 3.25. The molecule has 0 fully saturated rings. The highest BCUT2D eigenvalue weighted by Crippen LogP contribution is 2.23. The predicted molar refractivity (Wildman–Crippen MR) is 102 cm³/mol. The van der Waals surface area contributed by atoms with Gasteiger partial charge in [0.15, 0.2) is 0 Å². The number of hydrogen-bond donors (Lipinski definition) is 0. The second kappa shape index (κ2) is 7.87. The van der Waals surface area contributed by atoms with Crippen LogP contribution < -0.4 is 0 Å². The predicted octanol–water partition coefficient (Wildman–Crippen LogP) is 4.69. The van der Waals surface area contributed by atoms with Crippen molar-refractivity contribution in [2.45, 2.75) is 45.6 Å². The van der Waals surface area contributed by atoms with Crippen LogP contribution >= 0.6 is 0 Å². The van der Waals surface area contributed by atoms with Gasteiger partial charge in [-0.15, -0.1) is 0 Å². The van der Waals surface area contributed by atoms with E-state index in [2.05, 4.69) is 42.9 Å². The van der Waals surface area contributed by atoms with Gasteiger partial charge in [-0.2, -0.15) is 0 Å². The molecule has 0 aliphatic heterocycles. The zero-order chi connectivity index (χ0) is 18.6. The van der Waals surface area contributed by atoms with E-state index in [0.29, 0.717) is 6.54 Å². The summed E-state index contributed by atoms with van der Waals surface area (Å²) in [6.45, 7) is 8.03. The van der Waals surface area contributed by atoms with Crippen molar-refractivity contribution in [1.82, 2.24) is 15.0 Å². The number of aryl methyl sites for hydroxylation is 1. The van der Waals surface area contributed by atoms with Crippen molar-refractivity contribution in [2.24, 2.45) is 0 Å². The van der Waals surface area contributed by atoms with Gasteiger partial charge < -0.3 is 8.94 Å². The smallest absolute Gasteiger partial charge is 0.208 e. The van der Waals surface area contributed by atoms with E-state index in [0.717, 1.165) is 48.1 Å². The lowest BCUT2D eigenvalue weighted by Gasteiger charge is -2.15. The average molecular weight is 353 g/mol. The van der Waals surface area contributed by atoms with Crippen molar-refractivity contribution in [1.29, 1.82) is 0 Å². The van der Waals surface area contributed by atoms with Crippen LogP contribution in [0, 0.1) is 0 Å². The van der Waals surface area contributed by atoms with E-state index < -0.39 is 0 Å². The lowest BCUT2D eigenvalue weighted by molar-refractivity contribution is 0.269. The van der Waals surface area contributed by atoms with Crippen LogP contribution in [0.1, 0.15) is 44.6 Å². The van der Waals surface area contributed by atoms with Crippen LogP contribution in [0.3, 0.4) is 0 Å². The van der Waals surface area contributed by atoms with E-state index in [1.54, 1.807) is 0 Å². The molecule has 0 aliphatic carbocycles. The van der Waals surface area contributed by atoms with Gasteiger partial charge in [0.1, 0.15) is 17.2 Å². The van der Waals surface area contributed by atoms with Crippen LogP contribution in [0.2, 0.25) is 0 Å². The molecule has 0 amide bonds. The van der Waals surface area contributed by atoms with Crippen LogP contribution in [0.4, 0.5) is 0 Å². The zero-order valence-corrected chi connectivity index (χ0v) is 16.0. The summed E-state index contributed by atoms with van der Waals surface area (Å²) in [7, 11) is 2.08. The topological polar surface area (TPSA) is 55.3 Å². The molecule has 0 unspecified atom stereocenters. The lowest BCUT2D eigenvalue weighted by Crippen LogP contribution is -2.19. The van der Waals surface area contributed by atoms with E-state index in [1.807, 2.05) is 42.6 Å². The largest absolute Gasteiger partial charge is 0.444 e. The third-order valence-corrected chi connectivity index (χ3v) is 4.29. The highest BCUT2D eigenvalue weighted by Gasteiger charge is 2.19. The van der Waals surface area contributed by atoms with Gasteiger partial charge in [0.2, 0.25) is 5.89 Å². The van der Waals surface area contributed by atoms with Crippen LogP contribution in [0.25, 0.3) is 11.3 Å². The first-order chi connectivity index (χ1) is 12.4. The second-order valence-electron chi connectivity index (χ2n) is 7.75. The first kappa shape index (κ1) is 18.4. The maximum Gasteiger partial charge on any atom is 0.208 e. The second-order valence-corrected chi connectivity index (χ2v) is 7.75. The van der Waals surface area contributed by atoms with E-state index in [9.17, 15) is 0 Å². The van der Waals surface area contributed by atoms with E-state index in [1.165, 1.54) is 0 Å². The molecule has 0 spiro atoms. The Morgan fingerprint density at radius 1 is 1.12 bits per heavy atom. The number of benzene rings is 1. The molecule has 0 saturated heterocycles. The Bertz CT molecular complexity index is 815. The summed E-state index contributed by atoms with van der Waals surface area (Å²) in [5, 5.41) is 4.16. The molecule has 2 heterocycles. The number of nitrogens with zero attached hydrogens (tertiary/aromatic N) is 3. The molecule has 0 N–H and O–H groups in total. The fourth-order valence-corrected chi connectivity index (χ4v) is 2.74. The summed E-state index contributed by atoms with van der Waals surface area (Å²) in [6, 6.07) is 12.1. The molecule has 0 atom stereocenters. The molecular formula is C21H27N3O2. The Balaban J connectivity index is 1.46. The van der Waals surface area contributed by atoms with Gasteiger partial charge in [-0.3, -0.25) is 4.90 Å². The Hall–Kier alpha value is -2.40. The molecule has 5 heteroatoms. The summed E-state index contributed by atoms with van der Waals surface area (Å²) in [4.78, 5) is 6.60. The Morgan fingerprint density at radius 3 is 2.58 bits per heavy atom. The SMILES string of the molecule is CN(CCCc1cc(-c2ccccc2)no1)Cc1ncc(C(C)(C)C)o1. The minimum Gasteiger partial charge on any atom is -0.444 e. The van der Waals surface area contributed by atoms with Gasteiger partial charge in [0, 0.05) is 23.5 Å². The third-order valence-electron chi connectivity index (χ3n) is 4.29.